The number of rotatable bonds is 7. The Labute approximate surface area is 152 Å². The molecule has 0 aliphatic rings. The molecule has 0 bridgehead atoms. The number of aliphatic carboxylic acids is 1. The van der Waals surface area contributed by atoms with E-state index in [2.05, 4.69) is 23.5 Å². The van der Waals surface area contributed by atoms with Crippen LogP contribution < -0.4 is 11.1 Å². The molecule has 0 saturated carbocycles. The molecule has 136 valence electrons. The van der Waals surface area contributed by atoms with Crippen molar-refractivity contribution in [1.82, 2.24) is 5.32 Å². The molecular weight excluding hydrogens is 332 g/mol. The second-order valence-corrected chi connectivity index (χ2v) is 6.32. The first-order chi connectivity index (χ1) is 12.3. The van der Waals surface area contributed by atoms with Crippen LogP contribution in [0.5, 0.6) is 0 Å². The summed E-state index contributed by atoms with van der Waals surface area (Å²) >= 11 is 0. The SMILES string of the molecule is Cc1cc(C)cc(-c2ccc(C(=O)N[C@@H](CCC(N)=O)C(=O)O)cc2)c1. The quantitative estimate of drug-likeness (QED) is 0.709. The third-order valence-electron chi connectivity index (χ3n) is 3.98. The highest BCUT2D eigenvalue weighted by molar-refractivity contribution is 5.97. The average molecular weight is 354 g/mol. The van der Waals surface area contributed by atoms with Gasteiger partial charge in [-0.3, -0.25) is 9.59 Å². The molecule has 0 heterocycles. The molecule has 0 unspecified atom stereocenters. The lowest BCUT2D eigenvalue weighted by atomic mass is 9.99. The zero-order chi connectivity index (χ0) is 19.3. The number of hydrogen-bond acceptors (Lipinski definition) is 3. The van der Waals surface area contributed by atoms with Crippen molar-refractivity contribution in [3.63, 3.8) is 0 Å². The average Bonchev–Trinajstić information content (AvgIpc) is 2.57. The minimum Gasteiger partial charge on any atom is -0.480 e. The van der Waals surface area contributed by atoms with Crippen molar-refractivity contribution in [3.8, 4) is 11.1 Å². The molecule has 2 aromatic carbocycles. The maximum absolute atomic E-state index is 12.3. The summed E-state index contributed by atoms with van der Waals surface area (Å²) in [7, 11) is 0. The van der Waals surface area contributed by atoms with E-state index in [0.717, 1.165) is 22.3 Å². The van der Waals surface area contributed by atoms with Crippen LogP contribution in [0.15, 0.2) is 42.5 Å². The third-order valence-corrected chi connectivity index (χ3v) is 3.98. The highest BCUT2D eigenvalue weighted by atomic mass is 16.4. The van der Waals surface area contributed by atoms with Crippen molar-refractivity contribution in [3.05, 3.63) is 59.2 Å². The van der Waals surface area contributed by atoms with Gasteiger partial charge in [-0.05, 0) is 43.5 Å². The van der Waals surface area contributed by atoms with Crippen LogP contribution in [0.1, 0.15) is 34.3 Å². The van der Waals surface area contributed by atoms with E-state index in [1.165, 1.54) is 0 Å². The number of nitrogens with two attached hydrogens (primary N) is 1. The Morgan fingerprint density at radius 3 is 2.08 bits per heavy atom. The van der Waals surface area contributed by atoms with Crippen molar-refractivity contribution in [1.29, 1.82) is 0 Å². The number of carbonyl (C=O) groups excluding carboxylic acids is 2. The van der Waals surface area contributed by atoms with Crippen LogP contribution in [-0.2, 0) is 9.59 Å². The van der Waals surface area contributed by atoms with Gasteiger partial charge in [-0.15, -0.1) is 0 Å². The van der Waals surface area contributed by atoms with Crippen LogP contribution in [0.3, 0.4) is 0 Å². The predicted octanol–water partition coefficient (Wildman–Crippen LogP) is 2.42. The lowest BCUT2D eigenvalue weighted by molar-refractivity contribution is -0.139. The third kappa shape index (κ3) is 5.17. The highest BCUT2D eigenvalue weighted by Crippen LogP contribution is 2.22. The molecule has 2 aromatic rings. The number of nitrogens with one attached hydrogen (secondary N) is 1. The molecule has 2 amide bonds. The van der Waals surface area contributed by atoms with E-state index < -0.39 is 23.8 Å². The molecule has 0 aliphatic heterocycles. The van der Waals surface area contributed by atoms with Gasteiger partial charge in [-0.25, -0.2) is 4.79 Å². The molecule has 0 fully saturated rings. The zero-order valence-corrected chi connectivity index (χ0v) is 14.8. The van der Waals surface area contributed by atoms with Gasteiger partial charge in [-0.2, -0.15) is 0 Å². The summed E-state index contributed by atoms with van der Waals surface area (Å²) in [5.74, 6) is -2.32. The van der Waals surface area contributed by atoms with Crippen LogP contribution >= 0.6 is 0 Å². The zero-order valence-electron chi connectivity index (χ0n) is 14.8. The van der Waals surface area contributed by atoms with Crippen LogP contribution in [0.25, 0.3) is 11.1 Å². The highest BCUT2D eigenvalue weighted by Gasteiger charge is 2.21. The van der Waals surface area contributed by atoms with Crippen LogP contribution in [0, 0.1) is 13.8 Å². The number of carboxylic acid groups (broad SMARTS) is 1. The van der Waals surface area contributed by atoms with Crippen molar-refractivity contribution < 1.29 is 19.5 Å². The fraction of sp³-hybridized carbons (Fsp3) is 0.250. The van der Waals surface area contributed by atoms with E-state index >= 15 is 0 Å². The van der Waals surface area contributed by atoms with E-state index in [-0.39, 0.29) is 12.8 Å². The normalized spacial score (nSPS) is 11.6. The number of amides is 2. The smallest absolute Gasteiger partial charge is 0.326 e. The fourth-order valence-electron chi connectivity index (χ4n) is 2.74. The van der Waals surface area contributed by atoms with Crippen molar-refractivity contribution in [2.24, 2.45) is 5.73 Å². The molecule has 26 heavy (non-hydrogen) atoms. The first-order valence-corrected chi connectivity index (χ1v) is 8.27. The summed E-state index contributed by atoms with van der Waals surface area (Å²) in [5.41, 5.74) is 9.71. The summed E-state index contributed by atoms with van der Waals surface area (Å²) in [5, 5.41) is 11.6. The number of benzene rings is 2. The number of aryl methyl sites for hydroxylation is 2. The van der Waals surface area contributed by atoms with E-state index in [1.54, 1.807) is 12.1 Å². The molecule has 1 atom stereocenters. The fourth-order valence-corrected chi connectivity index (χ4v) is 2.74. The molecule has 0 spiro atoms. The Balaban J connectivity index is 2.12. The first kappa shape index (κ1) is 19.2. The molecule has 0 radical (unpaired) electrons. The Morgan fingerprint density at radius 2 is 1.58 bits per heavy atom. The standard InChI is InChI=1S/C20H22N2O4/c1-12-9-13(2)11-16(10-12)14-3-5-15(6-4-14)19(24)22-17(20(25)26)7-8-18(21)23/h3-6,9-11,17H,7-8H2,1-2H3,(H2,21,23)(H,22,24)(H,25,26)/t17-/m0/s1. The van der Waals surface area contributed by atoms with E-state index in [0.29, 0.717) is 5.56 Å². The number of carbonyl (C=O) groups is 3. The van der Waals surface area contributed by atoms with Crippen molar-refractivity contribution in [2.45, 2.75) is 32.7 Å². The minimum absolute atomic E-state index is 0.0446. The summed E-state index contributed by atoms with van der Waals surface area (Å²) in [6, 6.07) is 12.0. The lowest BCUT2D eigenvalue weighted by Gasteiger charge is -2.14. The largest absolute Gasteiger partial charge is 0.480 e. The van der Waals surface area contributed by atoms with Crippen LogP contribution in [0.2, 0.25) is 0 Å². The van der Waals surface area contributed by atoms with Gasteiger partial charge in [0.05, 0.1) is 0 Å². The Hall–Kier alpha value is -3.15. The summed E-state index contributed by atoms with van der Waals surface area (Å²) in [4.78, 5) is 34.3. The Bertz CT molecular complexity index is 808. The van der Waals surface area contributed by atoms with Gasteiger partial charge >= 0.3 is 5.97 Å². The number of primary amides is 1. The topological polar surface area (TPSA) is 109 Å². The first-order valence-electron chi connectivity index (χ1n) is 8.27. The minimum atomic E-state index is -1.20. The van der Waals surface area contributed by atoms with Gasteiger partial charge in [0.2, 0.25) is 5.91 Å². The number of carboxylic acids is 1. The summed E-state index contributed by atoms with van der Waals surface area (Å²) in [6.07, 6.45) is -0.153. The maximum Gasteiger partial charge on any atom is 0.326 e. The van der Waals surface area contributed by atoms with Crippen LogP contribution in [0.4, 0.5) is 0 Å². The van der Waals surface area contributed by atoms with E-state index in [4.69, 9.17) is 10.8 Å². The predicted molar refractivity (Wildman–Crippen MR) is 98.7 cm³/mol. The molecule has 4 N–H and O–H groups in total. The Kier molecular flexibility index (Phi) is 6.11. The molecule has 0 saturated heterocycles. The second kappa shape index (κ2) is 8.29. The molecule has 6 heteroatoms. The van der Waals surface area contributed by atoms with Gasteiger partial charge in [0.1, 0.15) is 6.04 Å². The van der Waals surface area contributed by atoms with E-state index in [9.17, 15) is 14.4 Å². The second-order valence-electron chi connectivity index (χ2n) is 6.32. The van der Waals surface area contributed by atoms with Crippen molar-refractivity contribution in [2.75, 3.05) is 0 Å². The maximum atomic E-state index is 12.3. The van der Waals surface area contributed by atoms with Crippen molar-refractivity contribution >= 4 is 17.8 Å². The van der Waals surface area contributed by atoms with Gasteiger partial charge in [-0.1, -0.05) is 41.5 Å². The summed E-state index contributed by atoms with van der Waals surface area (Å²) in [6.45, 7) is 4.05. The number of hydrogen-bond donors (Lipinski definition) is 3. The van der Waals surface area contributed by atoms with Gasteiger partial charge in [0, 0.05) is 12.0 Å². The molecule has 6 nitrogen and oxygen atoms in total. The van der Waals surface area contributed by atoms with Gasteiger partial charge in [0.15, 0.2) is 0 Å². The van der Waals surface area contributed by atoms with Crippen LogP contribution in [-0.4, -0.2) is 28.9 Å². The summed E-state index contributed by atoms with van der Waals surface area (Å²) < 4.78 is 0. The van der Waals surface area contributed by atoms with Gasteiger partial charge in [0.25, 0.3) is 5.91 Å². The lowest BCUT2D eigenvalue weighted by Crippen LogP contribution is -2.41. The van der Waals surface area contributed by atoms with E-state index in [1.807, 2.05) is 26.0 Å². The molecule has 0 aromatic heterocycles. The monoisotopic (exact) mass is 354 g/mol. The molecular formula is C20H22N2O4. The molecule has 0 aliphatic carbocycles. The van der Waals surface area contributed by atoms with Gasteiger partial charge < -0.3 is 16.2 Å². The molecule has 2 rings (SSSR count). The Morgan fingerprint density at radius 1 is 1.00 bits per heavy atom.